The van der Waals surface area contributed by atoms with Gasteiger partial charge in [0.15, 0.2) is 0 Å². The van der Waals surface area contributed by atoms with Gasteiger partial charge in [0.25, 0.3) is 0 Å². The van der Waals surface area contributed by atoms with E-state index in [1.165, 1.54) is 0 Å². The molecule has 0 radical (unpaired) electrons. The molecule has 11 heteroatoms. The minimum atomic E-state index is -5.08. The highest BCUT2D eigenvalue weighted by atomic mass is 19.4. The quantitative estimate of drug-likeness (QED) is 0.749. The summed E-state index contributed by atoms with van der Waals surface area (Å²) in [4.78, 5) is 26.9. The van der Waals surface area contributed by atoms with Gasteiger partial charge in [-0.05, 0) is 12.5 Å². The molecule has 1 aromatic rings. The van der Waals surface area contributed by atoms with Gasteiger partial charge in [-0.3, -0.25) is 4.79 Å². The van der Waals surface area contributed by atoms with E-state index in [0.29, 0.717) is 44.5 Å². The summed E-state index contributed by atoms with van der Waals surface area (Å²) in [5.41, 5.74) is -0.225. The zero-order valence-electron chi connectivity index (χ0n) is 15.9. The average molecular weight is 420 g/mol. The predicted molar refractivity (Wildman–Crippen MR) is 93.3 cm³/mol. The summed E-state index contributed by atoms with van der Waals surface area (Å²) in [7, 11) is 1.61. The van der Waals surface area contributed by atoms with Crippen molar-refractivity contribution in [1.82, 2.24) is 9.88 Å². The average Bonchev–Trinajstić information content (AvgIpc) is 3.08. The van der Waals surface area contributed by atoms with Gasteiger partial charge >= 0.3 is 12.1 Å². The lowest BCUT2D eigenvalue weighted by Crippen LogP contribution is -2.66. The highest BCUT2D eigenvalue weighted by Gasteiger charge is 2.54. The fraction of sp³-hybridized carbons (Fsp3) is 0.611. The van der Waals surface area contributed by atoms with Gasteiger partial charge in [0.05, 0.1) is 32.7 Å². The summed E-state index contributed by atoms with van der Waals surface area (Å²) >= 11 is 0. The molecule has 1 aromatic heterocycles. The highest BCUT2D eigenvalue weighted by Crippen LogP contribution is 2.40. The molecule has 0 aromatic carbocycles. The van der Waals surface area contributed by atoms with Crippen LogP contribution in [0.15, 0.2) is 24.4 Å². The Morgan fingerprint density at radius 2 is 2.07 bits per heavy atom. The van der Waals surface area contributed by atoms with Gasteiger partial charge in [-0.15, -0.1) is 0 Å². The lowest BCUT2D eigenvalue weighted by Gasteiger charge is -2.50. The zero-order chi connectivity index (χ0) is 21.5. The second-order valence-corrected chi connectivity index (χ2v) is 6.67. The van der Waals surface area contributed by atoms with E-state index in [9.17, 15) is 18.0 Å². The summed E-state index contributed by atoms with van der Waals surface area (Å²) in [6, 6.07) is 5.62. The summed E-state index contributed by atoms with van der Waals surface area (Å²) in [6.07, 6.45) is -1.97. The van der Waals surface area contributed by atoms with Gasteiger partial charge in [0.2, 0.25) is 11.8 Å². The molecule has 1 unspecified atom stereocenters. The molecule has 29 heavy (non-hydrogen) atoms. The van der Waals surface area contributed by atoms with Crippen molar-refractivity contribution in [3.8, 4) is 5.88 Å². The van der Waals surface area contributed by atoms with Crippen molar-refractivity contribution in [2.24, 2.45) is 5.92 Å². The number of amides is 1. The van der Waals surface area contributed by atoms with Gasteiger partial charge < -0.3 is 24.2 Å². The standard InChI is InChI=1S/C16H22N2O4.C2HF3O2/c1-20-8-6-15(19)18-11-16(12-18)13(5-9-22-16)10-21-14-4-2-3-7-17-14;3-2(4,5)1(6)7/h2-4,7,13H,5-6,8-12H2,1H3;(H,6,7). The number of hydrogen-bond acceptors (Lipinski definition) is 6. The predicted octanol–water partition coefficient (Wildman–Crippen LogP) is 1.75. The van der Waals surface area contributed by atoms with E-state index in [4.69, 9.17) is 24.1 Å². The molecule has 2 saturated heterocycles. The number of methoxy groups -OCH3 is 1. The van der Waals surface area contributed by atoms with Gasteiger partial charge in [-0.1, -0.05) is 6.07 Å². The third-order valence-corrected chi connectivity index (χ3v) is 4.70. The molecular formula is C18H23F3N2O6. The minimum Gasteiger partial charge on any atom is -0.477 e. The molecule has 0 saturated carbocycles. The number of halogens is 3. The number of ether oxygens (including phenoxy) is 3. The maximum Gasteiger partial charge on any atom is 0.490 e. The van der Waals surface area contributed by atoms with Crippen LogP contribution in [0.2, 0.25) is 0 Å². The molecular weight excluding hydrogens is 397 g/mol. The third kappa shape index (κ3) is 6.29. The van der Waals surface area contributed by atoms with Gasteiger partial charge in [0, 0.05) is 31.9 Å². The lowest BCUT2D eigenvalue weighted by molar-refractivity contribution is -0.192. The van der Waals surface area contributed by atoms with E-state index >= 15 is 0 Å². The first-order chi connectivity index (χ1) is 13.7. The van der Waals surface area contributed by atoms with Crippen LogP contribution in [0.1, 0.15) is 12.8 Å². The number of rotatable bonds is 6. The van der Waals surface area contributed by atoms with Crippen molar-refractivity contribution in [2.45, 2.75) is 24.6 Å². The topological polar surface area (TPSA) is 98.2 Å². The number of alkyl halides is 3. The second-order valence-electron chi connectivity index (χ2n) is 6.67. The number of pyridine rings is 1. The van der Waals surface area contributed by atoms with Crippen LogP contribution >= 0.6 is 0 Å². The minimum absolute atomic E-state index is 0.132. The molecule has 0 aliphatic carbocycles. The third-order valence-electron chi connectivity index (χ3n) is 4.70. The fourth-order valence-corrected chi connectivity index (χ4v) is 3.11. The Morgan fingerprint density at radius 1 is 1.38 bits per heavy atom. The molecule has 1 N–H and O–H groups in total. The van der Waals surface area contributed by atoms with Crippen molar-refractivity contribution >= 4 is 11.9 Å². The largest absolute Gasteiger partial charge is 0.490 e. The first kappa shape index (κ1) is 22.9. The van der Waals surface area contributed by atoms with Crippen LogP contribution < -0.4 is 4.74 Å². The van der Waals surface area contributed by atoms with E-state index in [-0.39, 0.29) is 11.5 Å². The molecule has 2 aliphatic rings. The number of carbonyl (C=O) groups is 2. The number of aromatic nitrogens is 1. The van der Waals surface area contributed by atoms with Crippen molar-refractivity contribution in [2.75, 3.05) is 40.0 Å². The molecule has 162 valence electrons. The number of carbonyl (C=O) groups excluding carboxylic acids is 1. The molecule has 3 heterocycles. The van der Waals surface area contributed by atoms with E-state index in [0.717, 1.165) is 13.0 Å². The zero-order valence-corrected chi connectivity index (χ0v) is 15.9. The Balaban J connectivity index is 0.000000370. The molecule has 8 nitrogen and oxygen atoms in total. The van der Waals surface area contributed by atoms with Crippen molar-refractivity contribution in [1.29, 1.82) is 0 Å². The SMILES string of the molecule is COCCC(=O)N1CC2(C1)OCCC2COc1ccccn1.O=C(O)C(F)(F)F. The van der Waals surface area contributed by atoms with E-state index < -0.39 is 12.1 Å². The molecule has 1 amide bonds. The van der Waals surface area contributed by atoms with Crippen LogP contribution in [-0.4, -0.2) is 78.7 Å². The maximum atomic E-state index is 12.0. The Labute approximate surface area is 165 Å². The Kier molecular flexibility index (Phi) is 7.80. The number of nitrogens with zero attached hydrogens (tertiary/aromatic N) is 2. The molecule has 2 fully saturated rings. The second kappa shape index (κ2) is 9.88. The number of carboxylic acids is 1. The Hall–Kier alpha value is -2.40. The van der Waals surface area contributed by atoms with Crippen LogP contribution in [0.25, 0.3) is 0 Å². The lowest BCUT2D eigenvalue weighted by atomic mass is 9.81. The molecule has 1 atom stereocenters. The maximum absolute atomic E-state index is 12.0. The van der Waals surface area contributed by atoms with Crippen LogP contribution in [0.5, 0.6) is 5.88 Å². The number of carboxylic acid groups (broad SMARTS) is 1. The summed E-state index contributed by atoms with van der Waals surface area (Å²) < 4.78 is 48.4. The summed E-state index contributed by atoms with van der Waals surface area (Å²) in [5.74, 6) is -1.68. The van der Waals surface area contributed by atoms with Crippen molar-refractivity contribution in [3.05, 3.63) is 24.4 Å². The number of aliphatic carboxylic acids is 1. The van der Waals surface area contributed by atoms with Gasteiger partial charge in [-0.2, -0.15) is 13.2 Å². The smallest absolute Gasteiger partial charge is 0.477 e. The summed E-state index contributed by atoms with van der Waals surface area (Å²) in [5, 5.41) is 7.12. The van der Waals surface area contributed by atoms with Crippen molar-refractivity contribution in [3.63, 3.8) is 0 Å². The molecule has 3 rings (SSSR count). The Morgan fingerprint density at radius 3 is 2.62 bits per heavy atom. The first-order valence-corrected chi connectivity index (χ1v) is 8.92. The fourth-order valence-electron chi connectivity index (χ4n) is 3.11. The normalized spacial score (nSPS) is 19.9. The van der Waals surface area contributed by atoms with Crippen LogP contribution in [0.3, 0.4) is 0 Å². The monoisotopic (exact) mass is 420 g/mol. The highest BCUT2D eigenvalue weighted by molar-refractivity contribution is 5.77. The molecule has 1 spiro atoms. The van der Waals surface area contributed by atoms with Crippen molar-refractivity contribution < 1.29 is 42.1 Å². The molecule has 2 aliphatic heterocycles. The molecule has 0 bridgehead atoms. The van der Waals surface area contributed by atoms with E-state index in [1.807, 2.05) is 23.1 Å². The van der Waals surface area contributed by atoms with Gasteiger partial charge in [-0.25, -0.2) is 9.78 Å². The van der Waals surface area contributed by atoms with Crippen LogP contribution in [0.4, 0.5) is 13.2 Å². The van der Waals surface area contributed by atoms with Crippen LogP contribution in [0, 0.1) is 5.92 Å². The Bertz CT molecular complexity index is 680. The number of likely N-dealkylation sites (tertiary alicyclic amines) is 1. The van der Waals surface area contributed by atoms with Gasteiger partial charge in [0.1, 0.15) is 5.60 Å². The van der Waals surface area contributed by atoms with E-state index in [1.54, 1.807) is 13.3 Å². The summed E-state index contributed by atoms with van der Waals surface area (Å²) in [6.45, 7) is 3.10. The van der Waals surface area contributed by atoms with E-state index in [2.05, 4.69) is 4.98 Å². The number of hydrogen-bond donors (Lipinski definition) is 1. The van der Waals surface area contributed by atoms with Crippen LogP contribution in [-0.2, 0) is 19.1 Å². The first-order valence-electron chi connectivity index (χ1n) is 8.92.